The van der Waals surface area contributed by atoms with Gasteiger partial charge in [-0.3, -0.25) is 9.59 Å². The maximum Gasteiger partial charge on any atom is 0.327 e. The second-order valence-corrected chi connectivity index (χ2v) is 9.73. The standard InChI is InChI=1S/C27H27N3O4/c1-26(2)15-27(20-12-18(24(33)29-3)9-10-19(20)26)13-21(27)25(34)30-22-11-16(14-28)7-8-17(22)5-4-6-23(31)32/h4,6-12,21H,5,13,15H2,1-3H3,(H,29,33)(H,30,34)(H,31,32)/t21-,27+/m0/s1. The Morgan fingerprint density at radius 3 is 2.62 bits per heavy atom. The molecule has 2 amide bonds. The van der Waals surface area contributed by atoms with Crippen LogP contribution in [0.1, 0.15) is 59.3 Å². The number of fused-ring (bicyclic) bond motifs is 2. The molecule has 1 fully saturated rings. The number of aliphatic carboxylic acids is 1. The summed E-state index contributed by atoms with van der Waals surface area (Å²) in [5.41, 5.74) is 4.04. The Balaban J connectivity index is 1.61. The van der Waals surface area contributed by atoms with E-state index >= 15 is 0 Å². The number of amides is 2. The Morgan fingerprint density at radius 1 is 1.18 bits per heavy atom. The number of carboxylic acids is 1. The molecule has 0 saturated heterocycles. The van der Waals surface area contributed by atoms with Crippen molar-refractivity contribution >= 4 is 23.5 Å². The summed E-state index contributed by atoms with van der Waals surface area (Å²) in [7, 11) is 1.60. The van der Waals surface area contributed by atoms with Crippen molar-refractivity contribution in [2.75, 3.05) is 12.4 Å². The molecular weight excluding hydrogens is 430 g/mol. The number of rotatable bonds is 6. The molecule has 3 N–H and O–H groups in total. The summed E-state index contributed by atoms with van der Waals surface area (Å²) in [6.45, 7) is 4.33. The molecule has 174 valence electrons. The minimum atomic E-state index is -1.04. The van der Waals surface area contributed by atoms with Crippen molar-refractivity contribution in [2.45, 2.75) is 43.9 Å². The molecule has 7 nitrogen and oxygen atoms in total. The summed E-state index contributed by atoms with van der Waals surface area (Å²) in [6.07, 6.45) is 4.39. The largest absolute Gasteiger partial charge is 0.478 e. The van der Waals surface area contributed by atoms with Gasteiger partial charge in [0.15, 0.2) is 0 Å². The molecule has 0 aliphatic heterocycles. The van der Waals surface area contributed by atoms with Gasteiger partial charge in [-0.1, -0.05) is 32.1 Å². The van der Waals surface area contributed by atoms with E-state index in [1.165, 1.54) is 11.6 Å². The van der Waals surface area contributed by atoms with Crippen molar-refractivity contribution < 1.29 is 19.5 Å². The maximum absolute atomic E-state index is 13.4. The van der Waals surface area contributed by atoms with Crippen LogP contribution < -0.4 is 10.6 Å². The fourth-order valence-electron chi connectivity index (χ4n) is 5.40. The third-order valence-corrected chi connectivity index (χ3v) is 7.02. The predicted molar refractivity (Wildman–Crippen MR) is 128 cm³/mol. The number of hydrogen-bond acceptors (Lipinski definition) is 4. The van der Waals surface area contributed by atoms with E-state index in [1.807, 2.05) is 18.2 Å². The number of nitriles is 1. The predicted octanol–water partition coefficient (Wildman–Crippen LogP) is 3.68. The molecule has 0 unspecified atom stereocenters. The lowest BCUT2D eigenvalue weighted by Crippen LogP contribution is -2.22. The highest BCUT2D eigenvalue weighted by Gasteiger charge is 2.65. The van der Waals surface area contributed by atoms with Crippen LogP contribution in [0.5, 0.6) is 0 Å². The fraction of sp³-hybridized carbons (Fsp3) is 0.333. The average Bonchev–Trinajstić information content (AvgIpc) is 3.47. The maximum atomic E-state index is 13.4. The van der Waals surface area contributed by atoms with Crippen LogP contribution in [0.4, 0.5) is 5.69 Å². The first kappa shape index (κ1) is 23.2. The van der Waals surface area contributed by atoms with Gasteiger partial charge in [-0.2, -0.15) is 5.26 Å². The van der Waals surface area contributed by atoms with Crippen molar-refractivity contribution in [3.8, 4) is 6.07 Å². The first-order valence-electron chi connectivity index (χ1n) is 11.2. The molecule has 34 heavy (non-hydrogen) atoms. The fourth-order valence-corrected chi connectivity index (χ4v) is 5.40. The topological polar surface area (TPSA) is 119 Å². The van der Waals surface area contributed by atoms with Crippen molar-refractivity contribution in [1.82, 2.24) is 5.32 Å². The molecular formula is C27H27N3O4. The summed E-state index contributed by atoms with van der Waals surface area (Å²) in [5.74, 6) is -1.58. The summed E-state index contributed by atoms with van der Waals surface area (Å²) in [6, 6.07) is 12.8. The molecule has 2 aromatic rings. The zero-order valence-electron chi connectivity index (χ0n) is 19.4. The SMILES string of the molecule is CNC(=O)c1ccc2c(c1)[C@@]1(C[C@H]1C(=O)Nc1cc(C#N)ccc1CC=CC(=O)O)CC2(C)C. The van der Waals surface area contributed by atoms with Gasteiger partial charge in [-0.15, -0.1) is 0 Å². The second kappa shape index (κ2) is 8.45. The van der Waals surface area contributed by atoms with Crippen LogP contribution in [0.15, 0.2) is 48.6 Å². The molecule has 2 atom stereocenters. The highest BCUT2D eigenvalue weighted by atomic mass is 16.4. The van der Waals surface area contributed by atoms with Crippen LogP contribution in [0.3, 0.4) is 0 Å². The van der Waals surface area contributed by atoms with E-state index in [4.69, 9.17) is 5.11 Å². The van der Waals surface area contributed by atoms with E-state index < -0.39 is 5.97 Å². The Hall–Kier alpha value is -3.92. The molecule has 2 aliphatic carbocycles. The van der Waals surface area contributed by atoms with Crippen molar-refractivity contribution in [1.29, 1.82) is 5.26 Å². The minimum Gasteiger partial charge on any atom is -0.478 e. The molecule has 1 saturated carbocycles. The lowest BCUT2D eigenvalue weighted by atomic mass is 9.85. The van der Waals surface area contributed by atoms with E-state index in [0.717, 1.165) is 23.6 Å². The van der Waals surface area contributed by atoms with Gasteiger partial charge in [0.05, 0.1) is 11.6 Å². The Labute approximate surface area is 198 Å². The van der Waals surface area contributed by atoms with Crippen LogP contribution in [0.2, 0.25) is 0 Å². The molecule has 2 aliphatic rings. The van der Waals surface area contributed by atoms with E-state index in [9.17, 15) is 19.6 Å². The molecule has 4 rings (SSSR count). The minimum absolute atomic E-state index is 0.112. The first-order valence-corrected chi connectivity index (χ1v) is 11.2. The number of anilines is 1. The van der Waals surface area contributed by atoms with E-state index in [1.54, 1.807) is 25.2 Å². The molecule has 2 aromatic carbocycles. The molecule has 0 aromatic heterocycles. The number of nitrogens with one attached hydrogen (secondary N) is 2. The van der Waals surface area contributed by atoms with E-state index in [-0.39, 0.29) is 28.6 Å². The van der Waals surface area contributed by atoms with E-state index in [2.05, 4.69) is 30.6 Å². The normalized spacial score (nSPS) is 21.6. The summed E-state index contributed by atoms with van der Waals surface area (Å²) in [4.78, 5) is 36.4. The Bertz CT molecular complexity index is 1270. The highest BCUT2D eigenvalue weighted by molar-refractivity contribution is 5.98. The van der Waals surface area contributed by atoms with Gasteiger partial charge < -0.3 is 15.7 Å². The van der Waals surface area contributed by atoms with Crippen LogP contribution >= 0.6 is 0 Å². The number of benzene rings is 2. The van der Waals surface area contributed by atoms with Crippen molar-refractivity contribution in [3.05, 3.63) is 76.4 Å². The summed E-state index contributed by atoms with van der Waals surface area (Å²) >= 11 is 0. The second-order valence-electron chi connectivity index (χ2n) is 9.73. The van der Waals surface area contributed by atoms with Crippen molar-refractivity contribution in [2.24, 2.45) is 5.92 Å². The third-order valence-electron chi connectivity index (χ3n) is 7.02. The number of carboxylic acid groups (broad SMARTS) is 1. The van der Waals surface area contributed by atoms with Gasteiger partial charge in [-0.25, -0.2) is 4.79 Å². The smallest absolute Gasteiger partial charge is 0.327 e. The average molecular weight is 458 g/mol. The lowest BCUT2D eigenvalue weighted by molar-refractivity contribution is -0.131. The number of hydrogen-bond donors (Lipinski definition) is 3. The zero-order chi connectivity index (χ0) is 24.7. The molecule has 1 spiro atoms. The number of carbonyl (C=O) groups is 3. The first-order chi connectivity index (χ1) is 16.1. The Morgan fingerprint density at radius 2 is 1.94 bits per heavy atom. The van der Waals surface area contributed by atoms with Crippen LogP contribution in [-0.4, -0.2) is 29.9 Å². The van der Waals surface area contributed by atoms with Gasteiger partial charge in [0.1, 0.15) is 0 Å². The van der Waals surface area contributed by atoms with Crippen LogP contribution in [0.25, 0.3) is 0 Å². The third kappa shape index (κ3) is 4.08. The van der Waals surface area contributed by atoms with Gasteiger partial charge in [0, 0.05) is 35.7 Å². The van der Waals surface area contributed by atoms with Crippen LogP contribution in [-0.2, 0) is 26.8 Å². The van der Waals surface area contributed by atoms with Crippen molar-refractivity contribution in [3.63, 3.8) is 0 Å². The summed E-state index contributed by atoms with van der Waals surface area (Å²) < 4.78 is 0. The van der Waals surface area contributed by atoms with E-state index in [0.29, 0.717) is 29.7 Å². The zero-order valence-corrected chi connectivity index (χ0v) is 19.4. The monoisotopic (exact) mass is 457 g/mol. The number of allylic oxidation sites excluding steroid dienone is 1. The quantitative estimate of drug-likeness (QED) is 0.572. The number of carbonyl (C=O) groups excluding carboxylic acids is 2. The Kier molecular flexibility index (Phi) is 5.78. The molecule has 0 radical (unpaired) electrons. The molecule has 7 heteroatoms. The van der Waals surface area contributed by atoms with Gasteiger partial charge in [-0.05, 0) is 65.6 Å². The molecule has 0 bridgehead atoms. The lowest BCUT2D eigenvalue weighted by Gasteiger charge is -2.19. The summed E-state index contributed by atoms with van der Waals surface area (Å²) in [5, 5.41) is 23.8. The van der Waals surface area contributed by atoms with Crippen LogP contribution in [0, 0.1) is 17.2 Å². The van der Waals surface area contributed by atoms with Gasteiger partial charge >= 0.3 is 5.97 Å². The van der Waals surface area contributed by atoms with Gasteiger partial charge in [0.2, 0.25) is 5.91 Å². The number of nitrogens with zero attached hydrogens (tertiary/aromatic N) is 1. The van der Waals surface area contributed by atoms with Gasteiger partial charge in [0.25, 0.3) is 5.91 Å². The highest BCUT2D eigenvalue weighted by Crippen LogP contribution is 2.66. The molecule has 0 heterocycles.